The minimum absolute atomic E-state index is 0.917. The normalized spacial score (nSPS) is 12.0. The van der Waals surface area contributed by atoms with Gasteiger partial charge in [0.15, 0.2) is 0 Å². The van der Waals surface area contributed by atoms with Crippen LogP contribution in [0.5, 0.6) is 0 Å². The number of hydrogen-bond acceptors (Lipinski definition) is 2. The Balaban J connectivity index is 1.23. The molecule has 6 aromatic carbocycles. The zero-order valence-corrected chi connectivity index (χ0v) is 25.0. The summed E-state index contributed by atoms with van der Waals surface area (Å²) in [6.45, 7) is 0. The van der Waals surface area contributed by atoms with Crippen molar-refractivity contribution >= 4 is 75.1 Å². The van der Waals surface area contributed by atoms with Gasteiger partial charge in [0.2, 0.25) is 0 Å². The number of rotatable bonds is 3. The van der Waals surface area contributed by atoms with Crippen LogP contribution in [0.4, 0.5) is 0 Å². The van der Waals surface area contributed by atoms with E-state index in [9.17, 15) is 0 Å². The molecule has 0 atom stereocenters. The molecule has 3 nitrogen and oxygen atoms in total. The Labute approximate surface area is 262 Å². The topological polar surface area (TPSA) is 22.8 Å². The van der Waals surface area contributed by atoms with E-state index in [1.165, 1.54) is 58.4 Å². The minimum Gasteiger partial charge on any atom is -0.309 e. The summed E-state index contributed by atoms with van der Waals surface area (Å²) in [6.07, 6.45) is 0. The number of nitrogens with zero attached hydrogens (tertiary/aromatic N) is 3. The molecule has 0 fully saturated rings. The van der Waals surface area contributed by atoms with Crippen LogP contribution in [-0.4, -0.2) is 14.1 Å². The van der Waals surface area contributed by atoms with Crippen molar-refractivity contribution in [2.75, 3.05) is 0 Å². The van der Waals surface area contributed by atoms with Crippen LogP contribution < -0.4 is 0 Å². The van der Waals surface area contributed by atoms with E-state index in [4.69, 9.17) is 4.98 Å². The number of para-hydroxylation sites is 3. The van der Waals surface area contributed by atoms with Gasteiger partial charge in [0.25, 0.3) is 0 Å². The summed E-state index contributed by atoms with van der Waals surface area (Å²) in [5.74, 6) is 0.917. The fourth-order valence-corrected chi connectivity index (χ4v) is 8.34. The summed E-state index contributed by atoms with van der Waals surface area (Å²) in [4.78, 5) is 5.29. The van der Waals surface area contributed by atoms with Crippen LogP contribution in [0.3, 0.4) is 0 Å². The van der Waals surface area contributed by atoms with E-state index in [2.05, 4.69) is 161 Å². The highest BCUT2D eigenvalue weighted by molar-refractivity contribution is 7.25. The first-order valence-electron chi connectivity index (χ1n) is 15.2. The number of thiophene rings is 1. The lowest BCUT2D eigenvalue weighted by Crippen LogP contribution is -1.98. The standard InChI is InChI=1S/C41H25N3S/c1-5-16-33-29(13-1)30-24-23-26(25-37(30)43(33)36-19-10-21-39-41(36)31-14-4-8-20-38(31)45-39)32-15-9-22-40(42-32)44-34-17-6-2-11-27(34)28-12-3-7-18-35(28)44/h1-25H. The lowest BCUT2D eigenvalue weighted by molar-refractivity contribution is 1.08. The van der Waals surface area contributed by atoms with Gasteiger partial charge in [-0.2, -0.15) is 0 Å². The predicted octanol–water partition coefficient (Wildman–Crippen LogP) is 11.3. The third kappa shape index (κ3) is 3.54. The molecule has 0 amide bonds. The highest BCUT2D eigenvalue weighted by Gasteiger charge is 2.18. The molecule has 0 saturated heterocycles. The van der Waals surface area contributed by atoms with Gasteiger partial charge in [-0.05, 0) is 54.6 Å². The van der Waals surface area contributed by atoms with Crippen molar-refractivity contribution in [3.63, 3.8) is 0 Å². The molecule has 0 unspecified atom stereocenters. The fourth-order valence-electron chi connectivity index (χ4n) is 7.21. The number of fused-ring (bicyclic) bond motifs is 9. The SMILES string of the molecule is c1cc(-c2ccc3c4ccccc4n(-c4cccc5sc6ccccc6c45)c3c2)nc(-n2c3ccccc3c3ccccc32)c1. The van der Waals surface area contributed by atoms with Gasteiger partial charge < -0.3 is 4.57 Å². The molecule has 0 N–H and O–H groups in total. The highest BCUT2D eigenvalue weighted by Crippen LogP contribution is 2.41. The zero-order chi connectivity index (χ0) is 29.5. The monoisotopic (exact) mass is 591 g/mol. The summed E-state index contributed by atoms with van der Waals surface area (Å²) in [5, 5.41) is 7.57. The first-order valence-corrected chi connectivity index (χ1v) is 16.0. The van der Waals surface area contributed by atoms with Crippen molar-refractivity contribution in [3.8, 4) is 22.8 Å². The van der Waals surface area contributed by atoms with E-state index < -0.39 is 0 Å². The summed E-state index contributed by atoms with van der Waals surface area (Å²) in [5.41, 5.74) is 7.97. The van der Waals surface area contributed by atoms with Gasteiger partial charge >= 0.3 is 0 Å². The summed E-state index contributed by atoms with van der Waals surface area (Å²) < 4.78 is 7.35. The van der Waals surface area contributed by atoms with E-state index in [0.29, 0.717) is 0 Å². The lowest BCUT2D eigenvalue weighted by Gasteiger charge is -2.12. The zero-order valence-electron chi connectivity index (χ0n) is 24.2. The molecule has 0 radical (unpaired) electrons. The van der Waals surface area contributed by atoms with Crippen molar-refractivity contribution in [1.82, 2.24) is 14.1 Å². The van der Waals surface area contributed by atoms with Gasteiger partial charge in [0, 0.05) is 47.3 Å². The number of benzene rings is 6. The highest BCUT2D eigenvalue weighted by atomic mass is 32.1. The molecule has 10 rings (SSSR count). The number of hydrogen-bond donors (Lipinski definition) is 0. The molecule has 0 spiro atoms. The van der Waals surface area contributed by atoms with E-state index in [1.54, 1.807) is 0 Å². The van der Waals surface area contributed by atoms with Crippen molar-refractivity contribution < 1.29 is 0 Å². The predicted molar refractivity (Wildman–Crippen MR) is 191 cm³/mol. The van der Waals surface area contributed by atoms with Crippen molar-refractivity contribution in [2.45, 2.75) is 0 Å². The average Bonchev–Trinajstić information content (AvgIpc) is 3.76. The number of pyridine rings is 1. The second-order valence-electron chi connectivity index (χ2n) is 11.6. The maximum atomic E-state index is 5.29. The molecule has 10 aromatic rings. The van der Waals surface area contributed by atoms with E-state index >= 15 is 0 Å². The molecule has 0 aliphatic heterocycles. The largest absolute Gasteiger partial charge is 0.309 e. The lowest BCUT2D eigenvalue weighted by atomic mass is 10.1. The van der Waals surface area contributed by atoms with Crippen molar-refractivity contribution in [2.24, 2.45) is 0 Å². The Morgan fingerprint density at radius 1 is 0.422 bits per heavy atom. The second kappa shape index (κ2) is 9.39. The van der Waals surface area contributed by atoms with Crippen molar-refractivity contribution in [3.05, 3.63) is 152 Å². The smallest absolute Gasteiger partial charge is 0.138 e. The third-order valence-electron chi connectivity index (χ3n) is 9.13. The van der Waals surface area contributed by atoms with Crippen LogP contribution in [0.2, 0.25) is 0 Å². The maximum Gasteiger partial charge on any atom is 0.138 e. The first kappa shape index (κ1) is 24.7. The number of aromatic nitrogens is 3. The fraction of sp³-hybridized carbons (Fsp3) is 0. The summed E-state index contributed by atoms with van der Waals surface area (Å²) in [7, 11) is 0. The molecule has 4 aromatic heterocycles. The minimum atomic E-state index is 0.917. The molecule has 45 heavy (non-hydrogen) atoms. The average molecular weight is 592 g/mol. The third-order valence-corrected chi connectivity index (χ3v) is 10.3. The van der Waals surface area contributed by atoms with E-state index in [1.807, 2.05) is 11.3 Å². The Morgan fingerprint density at radius 3 is 1.73 bits per heavy atom. The van der Waals surface area contributed by atoms with Gasteiger partial charge in [-0.15, -0.1) is 11.3 Å². The van der Waals surface area contributed by atoms with Crippen LogP contribution in [0.25, 0.3) is 86.5 Å². The molecule has 210 valence electrons. The molecule has 4 heterocycles. The van der Waals surface area contributed by atoms with Crippen LogP contribution >= 0.6 is 11.3 Å². The van der Waals surface area contributed by atoms with E-state index in [0.717, 1.165) is 28.1 Å². The Hall–Kier alpha value is -5.71. The van der Waals surface area contributed by atoms with Crippen molar-refractivity contribution in [1.29, 1.82) is 0 Å². The van der Waals surface area contributed by atoms with Gasteiger partial charge in [-0.3, -0.25) is 4.57 Å². The Kier molecular flexibility index (Phi) is 5.16. The summed E-state index contributed by atoms with van der Waals surface area (Å²) >= 11 is 1.86. The molecule has 0 aliphatic carbocycles. The maximum absolute atomic E-state index is 5.29. The molecule has 0 bridgehead atoms. The van der Waals surface area contributed by atoms with Gasteiger partial charge in [-0.25, -0.2) is 4.98 Å². The van der Waals surface area contributed by atoms with Gasteiger partial charge in [0.1, 0.15) is 5.82 Å². The summed E-state index contributed by atoms with van der Waals surface area (Å²) in [6, 6.07) is 54.5. The van der Waals surface area contributed by atoms with Gasteiger partial charge in [-0.1, -0.05) is 97.1 Å². The van der Waals surface area contributed by atoms with Crippen LogP contribution in [0, 0.1) is 0 Å². The van der Waals surface area contributed by atoms with Crippen LogP contribution in [0.1, 0.15) is 0 Å². The quantitative estimate of drug-likeness (QED) is 0.200. The molecular weight excluding hydrogens is 567 g/mol. The molecule has 4 heteroatoms. The molecular formula is C41H25N3S. The Morgan fingerprint density at radius 2 is 1.00 bits per heavy atom. The van der Waals surface area contributed by atoms with E-state index in [-0.39, 0.29) is 0 Å². The Bertz CT molecular complexity index is 2720. The van der Waals surface area contributed by atoms with Gasteiger partial charge in [0.05, 0.1) is 33.4 Å². The van der Waals surface area contributed by atoms with Crippen LogP contribution in [-0.2, 0) is 0 Å². The first-order chi connectivity index (χ1) is 22.3. The molecule has 0 aliphatic rings. The van der Waals surface area contributed by atoms with Crippen LogP contribution in [0.15, 0.2) is 152 Å². The molecule has 0 saturated carbocycles. The second-order valence-corrected chi connectivity index (χ2v) is 12.7.